The summed E-state index contributed by atoms with van der Waals surface area (Å²) in [6.07, 6.45) is 3.04. The zero-order chi connectivity index (χ0) is 20.1. The Labute approximate surface area is 170 Å². The Hall–Kier alpha value is -3.16. The number of hydrogen-bond donors (Lipinski definition) is 1. The van der Waals surface area contributed by atoms with Crippen LogP contribution in [0.25, 0.3) is 0 Å². The van der Waals surface area contributed by atoms with Gasteiger partial charge in [0.1, 0.15) is 5.75 Å². The summed E-state index contributed by atoms with van der Waals surface area (Å²) < 4.78 is 10.3. The van der Waals surface area contributed by atoms with Crippen molar-refractivity contribution in [3.63, 3.8) is 0 Å². The second-order valence-electron chi connectivity index (χ2n) is 5.41. The molecule has 28 heavy (non-hydrogen) atoms. The van der Waals surface area contributed by atoms with Gasteiger partial charge in [-0.05, 0) is 42.5 Å². The molecule has 7 nitrogen and oxygen atoms in total. The molecule has 0 fully saturated rings. The van der Waals surface area contributed by atoms with Crippen LogP contribution in [0.5, 0.6) is 11.8 Å². The second kappa shape index (κ2) is 8.69. The minimum atomic E-state index is -0.656. The van der Waals surface area contributed by atoms with Crippen LogP contribution in [-0.4, -0.2) is 29.0 Å². The number of carbonyl (C=O) groups is 2. The van der Waals surface area contributed by atoms with Crippen molar-refractivity contribution in [2.75, 3.05) is 12.4 Å². The van der Waals surface area contributed by atoms with Gasteiger partial charge in [0.25, 0.3) is 5.91 Å². The lowest BCUT2D eigenvalue weighted by atomic mass is 10.1. The molecule has 1 amide bonds. The van der Waals surface area contributed by atoms with Crippen molar-refractivity contribution in [3.05, 3.63) is 76.0 Å². The number of hydrogen-bond acceptors (Lipinski definition) is 6. The third-order valence-electron chi connectivity index (χ3n) is 3.57. The summed E-state index contributed by atoms with van der Waals surface area (Å²) in [5.41, 5.74) is 0.526. The van der Waals surface area contributed by atoms with Gasteiger partial charge in [-0.2, -0.15) is 0 Å². The summed E-state index contributed by atoms with van der Waals surface area (Å²) in [5, 5.41) is 3.23. The predicted molar refractivity (Wildman–Crippen MR) is 104 cm³/mol. The first-order valence-corrected chi connectivity index (χ1v) is 8.67. The van der Waals surface area contributed by atoms with E-state index in [4.69, 9.17) is 32.7 Å². The molecule has 0 radical (unpaired) electrons. The molecule has 0 spiro atoms. The number of carbonyl (C=O) groups excluding carboxylic acids is 2. The van der Waals surface area contributed by atoms with Crippen LogP contribution in [0.2, 0.25) is 10.0 Å². The standard InChI is InChI=1S/C19H13Cl2N3O4/c1-27-18(26)14-10-12(28-19-22-7-2-8-23-19)4-6-16(14)24-17(25)13-5-3-11(20)9-15(13)21/h2-10H,1H3,(H,24,25). The van der Waals surface area contributed by atoms with Gasteiger partial charge in [-0.15, -0.1) is 0 Å². The highest BCUT2D eigenvalue weighted by atomic mass is 35.5. The van der Waals surface area contributed by atoms with Crippen molar-refractivity contribution in [1.82, 2.24) is 9.97 Å². The number of benzene rings is 2. The Morgan fingerprint density at radius 3 is 2.43 bits per heavy atom. The summed E-state index contributed by atoms with van der Waals surface area (Å²) >= 11 is 11.9. The maximum atomic E-state index is 12.5. The van der Waals surface area contributed by atoms with Crippen molar-refractivity contribution in [1.29, 1.82) is 0 Å². The number of aromatic nitrogens is 2. The first-order valence-electron chi connectivity index (χ1n) is 7.91. The van der Waals surface area contributed by atoms with E-state index in [0.717, 1.165) is 0 Å². The first kappa shape index (κ1) is 19.6. The van der Waals surface area contributed by atoms with E-state index in [-0.39, 0.29) is 27.8 Å². The quantitative estimate of drug-likeness (QED) is 0.609. The third kappa shape index (κ3) is 4.57. The number of esters is 1. The van der Waals surface area contributed by atoms with Crippen LogP contribution >= 0.6 is 23.2 Å². The van der Waals surface area contributed by atoms with E-state index in [0.29, 0.717) is 10.8 Å². The highest BCUT2D eigenvalue weighted by molar-refractivity contribution is 6.37. The van der Waals surface area contributed by atoms with Gasteiger partial charge < -0.3 is 14.8 Å². The minimum Gasteiger partial charge on any atom is -0.465 e. The smallest absolute Gasteiger partial charge is 0.340 e. The zero-order valence-electron chi connectivity index (χ0n) is 14.5. The van der Waals surface area contributed by atoms with Crippen molar-refractivity contribution in [2.45, 2.75) is 0 Å². The molecular formula is C19H13Cl2N3O4. The van der Waals surface area contributed by atoms with Crippen LogP contribution < -0.4 is 10.1 Å². The molecule has 0 bridgehead atoms. The highest BCUT2D eigenvalue weighted by Crippen LogP contribution is 2.27. The average Bonchev–Trinajstić information content (AvgIpc) is 2.69. The number of amides is 1. The van der Waals surface area contributed by atoms with Gasteiger partial charge in [0.05, 0.1) is 28.9 Å². The minimum absolute atomic E-state index is 0.0920. The van der Waals surface area contributed by atoms with E-state index in [9.17, 15) is 9.59 Å². The van der Waals surface area contributed by atoms with Crippen LogP contribution in [0.15, 0.2) is 54.9 Å². The largest absolute Gasteiger partial charge is 0.465 e. The molecule has 0 atom stereocenters. The van der Waals surface area contributed by atoms with Gasteiger partial charge in [-0.25, -0.2) is 14.8 Å². The first-order chi connectivity index (χ1) is 13.5. The molecule has 3 aromatic rings. The molecule has 0 aliphatic rings. The maximum absolute atomic E-state index is 12.5. The van der Waals surface area contributed by atoms with E-state index in [1.807, 2.05) is 0 Å². The molecule has 0 aliphatic heterocycles. The number of anilines is 1. The maximum Gasteiger partial charge on any atom is 0.340 e. The second-order valence-corrected chi connectivity index (χ2v) is 6.25. The number of methoxy groups -OCH3 is 1. The van der Waals surface area contributed by atoms with E-state index < -0.39 is 11.9 Å². The van der Waals surface area contributed by atoms with Crippen molar-refractivity contribution < 1.29 is 19.1 Å². The fourth-order valence-electron chi connectivity index (χ4n) is 2.28. The van der Waals surface area contributed by atoms with Gasteiger partial charge >= 0.3 is 12.0 Å². The molecule has 2 aromatic carbocycles. The Morgan fingerprint density at radius 2 is 1.75 bits per heavy atom. The third-order valence-corrected chi connectivity index (χ3v) is 4.12. The van der Waals surface area contributed by atoms with Crippen molar-refractivity contribution >= 4 is 40.8 Å². The lowest BCUT2D eigenvalue weighted by Gasteiger charge is -2.12. The fraction of sp³-hybridized carbons (Fsp3) is 0.0526. The number of ether oxygens (including phenoxy) is 2. The molecule has 1 heterocycles. The SMILES string of the molecule is COC(=O)c1cc(Oc2ncccn2)ccc1NC(=O)c1ccc(Cl)cc1Cl. The zero-order valence-corrected chi connectivity index (χ0v) is 16.0. The van der Waals surface area contributed by atoms with Crippen molar-refractivity contribution in [3.8, 4) is 11.8 Å². The van der Waals surface area contributed by atoms with Gasteiger partial charge in [-0.1, -0.05) is 23.2 Å². The lowest BCUT2D eigenvalue weighted by molar-refractivity contribution is 0.0601. The topological polar surface area (TPSA) is 90.4 Å². The molecule has 9 heteroatoms. The number of halogens is 2. The fourth-order valence-corrected chi connectivity index (χ4v) is 2.78. The normalized spacial score (nSPS) is 10.2. The summed E-state index contributed by atoms with van der Waals surface area (Å²) in [6, 6.07) is 10.7. The Bertz CT molecular complexity index is 1030. The molecular weight excluding hydrogens is 405 g/mol. The molecule has 0 saturated heterocycles. The van der Waals surface area contributed by atoms with E-state index >= 15 is 0 Å². The molecule has 1 N–H and O–H groups in total. The van der Waals surface area contributed by atoms with Gasteiger partial charge in [0, 0.05) is 17.4 Å². The Kier molecular flexibility index (Phi) is 6.08. The van der Waals surface area contributed by atoms with Gasteiger partial charge in [-0.3, -0.25) is 4.79 Å². The molecule has 142 valence electrons. The summed E-state index contributed by atoms with van der Waals surface area (Å²) in [4.78, 5) is 32.6. The van der Waals surface area contributed by atoms with E-state index in [1.165, 1.54) is 43.8 Å². The molecule has 0 unspecified atom stereocenters. The van der Waals surface area contributed by atoms with E-state index in [1.54, 1.807) is 18.2 Å². The average molecular weight is 418 g/mol. The molecule has 0 aliphatic carbocycles. The number of nitrogens with one attached hydrogen (secondary N) is 1. The van der Waals surface area contributed by atoms with Gasteiger partial charge in [0.2, 0.25) is 0 Å². The molecule has 1 aromatic heterocycles. The van der Waals surface area contributed by atoms with Crippen LogP contribution in [0.4, 0.5) is 5.69 Å². The van der Waals surface area contributed by atoms with Crippen LogP contribution in [-0.2, 0) is 4.74 Å². The Morgan fingerprint density at radius 1 is 1.00 bits per heavy atom. The summed E-state index contributed by atoms with van der Waals surface area (Å²) in [7, 11) is 1.23. The number of rotatable bonds is 5. The van der Waals surface area contributed by atoms with Crippen LogP contribution in [0, 0.1) is 0 Å². The van der Waals surface area contributed by atoms with Crippen LogP contribution in [0.3, 0.4) is 0 Å². The number of nitrogens with zero attached hydrogens (tertiary/aromatic N) is 2. The van der Waals surface area contributed by atoms with Crippen molar-refractivity contribution in [2.24, 2.45) is 0 Å². The van der Waals surface area contributed by atoms with Gasteiger partial charge in [0.15, 0.2) is 0 Å². The highest BCUT2D eigenvalue weighted by Gasteiger charge is 2.18. The molecule has 3 rings (SSSR count). The molecule has 0 saturated carbocycles. The lowest BCUT2D eigenvalue weighted by Crippen LogP contribution is -2.16. The van der Waals surface area contributed by atoms with Crippen LogP contribution in [0.1, 0.15) is 20.7 Å². The monoisotopic (exact) mass is 417 g/mol. The summed E-state index contributed by atoms with van der Waals surface area (Å²) in [6.45, 7) is 0. The Balaban J connectivity index is 1.89. The predicted octanol–water partition coefficient (Wildman–Crippen LogP) is 4.61. The van der Waals surface area contributed by atoms with E-state index in [2.05, 4.69) is 15.3 Å². The summed E-state index contributed by atoms with van der Waals surface area (Å²) in [5.74, 6) is -0.863.